The second-order valence-corrected chi connectivity index (χ2v) is 8.35. The maximum Gasteiger partial charge on any atom is 0.373 e. The third kappa shape index (κ3) is 4.56. The van der Waals surface area contributed by atoms with Crippen molar-refractivity contribution >= 4 is 40.4 Å². The van der Waals surface area contributed by atoms with E-state index in [2.05, 4.69) is 14.9 Å². The smallest absolute Gasteiger partial charge is 0.373 e. The van der Waals surface area contributed by atoms with Crippen molar-refractivity contribution in [3.05, 3.63) is 74.0 Å². The molecule has 0 atom stereocenters. The minimum Gasteiger partial charge on any atom is -0.434 e. The van der Waals surface area contributed by atoms with Crippen LogP contribution in [-0.2, 0) is 0 Å². The van der Waals surface area contributed by atoms with E-state index in [0.29, 0.717) is 42.0 Å². The highest BCUT2D eigenvalue weighted by Gasteiger charge is 2.31. The minimum atomic E-state index is -0.496. The van der Waals surface area contributed by atoms with Gasteiger partial charge in [-0.15, -0.1) is 0 Å². The fourth-order valence-electron chi connectivity index (χ4n) is 3.75. The summed E-state index contributed by atoms with van der Waals surface area (Å²) in [7, 11) is 0. The lowest BCUT2D eigenvalue weighted by molar-refractivity contribution is -0.385. The van der Waals surface area contributed by atoms with Crippen LogP contribution in [0.2, 0.25) is 10.0 Å². The van der Waals surface area contributed by atoms with Crippen LogP contribution in [0.25, 0.3) is 0 Å². The molecule has 166 valence electrons. The molecule has 0 saturated carbocycles. The molecular formula is C22H21Cl2N5O3. The maximum atomic E-state index is 12.0. The van der Waals surface area contributed by atoms with Gasteiger partial charge in [0.1, 0.15) is 12.1 Å². The number of hydrogen-bond acceptors (Lipinski definition) is 7. The molecule has 10 heteroatoms. The van der Waals surface area contributed by atoms with Gasteiger partial charge in [-0.1, -0.05) is 29.3 Å². The number of anilines is 2. The number of ether oxygens (including phenoxy) is 1. The number of halogens is 2. The molecule has 0 N–H and O–H groups in total. The van der Waals surface area contributed by atoms with Gasteiger partial charge >= 0.3 is 11.6 Å². The second-order valence-electron chi connectivity index (χ2n) is 7.54. The van der Waals surface area contributed by atoms with E-state index in [-0.39, 0.29) is 17.4 Å². The summed E-state index contributed by atoms with van der Waals surface area (Å²) in [5.41, 5.74) is 2.40. The standard InChI is InChI=1S/C22H21Cl2N5O3/c1-14-10-18(11-15(2)19(14)24)32-22-20(29(30)31)21(25-13-26-22)28-8-6-27(7-9-28)17-5-3-4-16(23)12-17/h3-5,10-13H,6-9H2,1-2H3. The summed E-state index contributed by atoms with van der Waals surface area (Å²) >= 11 is 12.3. The van der Waals surface area contributed by atoms with Gasteiger partial charge < -0.3 is 14.5 Å². The number of nitro groups is 1. The first kappa shape index (κ1) is 22.1. The molecule has 1 fully saturated rings. The highest BCUT2D eigenvalue weighted by molar-refractivity contribution is 6.32. The van der Waals surface area contributed by atoms with Crippen LogP contribution in [-0.4, -0.2) is 41.1 Å². The molecule has 8 nitrogen and oxygen atoms in total. The van der Waals surface area contributed by atoms with E-state index in [1.54, 1.807) is 12.1 Å². The molecule has 1 aliphatic rings. The quantitative estimate of drug-likeness (QED) is 0.360. The third-order valence-electron chi connectivity index (χ3n) is 5.33. The highest BCUT2D eigenvalue weighted by atomic mass is 35.5. The molecule has 0 bridgehead atoms. The first-order valence-electron chi connectivity index (χ1n) is 10.0. The average Bonchev–Trinajstić information content (AvgIpc) is 2.77. The van der Waals surface area contributed by atoms with Crippen molar-refractivity contribution in [2.24, 2.45) is 0 Å². The molecule has 0 spiro atoms. The van der Waals surface area contributed by atoms with Crippen molar-refractivity contribution in [2.75, 3.05) is 36.0 Å². The summed E-state index contributed by atoms with van der Waals surface area (Å²) in [6.07, 6.45) is 1.29. The van der Waals surface area contributed by atoms with E-state index in [9.17, 15) is 10.1 Å². The third-order valence-corrected chi connectivity index (χ3v) is 6.16. The average molecular weight is 474 g/mol. The van der Waals surface area contributed by atoms with Crippen molar-refractivity contribution in [1.29, 1.82) is 0 Å². The van der Waals surface area contributed by atoms with Gasteiger partial charge in [0, 0.05) is 41.9 Å². The van der Waals surface area contributed by atoms with Gasteiger partial charge in [0.2, 0.25) is 5.82 Å². The largest absolute Gasteiger partial charge is 0.434 e. The Bertz CT molecular complexity index is 1140. The van der Waals surface area contributed by atoms with Crippen LogP contribution in [0.1, 0.15) is 11.1 Å². The molecule has 1 aromatic heterocycles. The summed E-state index contributed by atoms with van der Waals surface area (Å²) in [4.78, 5) is 23.8. The van der Waals surface area contributed by atoms with Crippen molar-refractivity contribution in [3.8, 4) is 11.6 Å². The van der Waals surface area contributed by atoms with Crippen molar-refractivity contribution < 1.29 is 9.66 Å². The topological polar surface area (TPSA) is 84.6 Å². The van der Waals surface area contributed by atoms with E-state index in [0.717, 1.165) is 16.8 Å². The Morgan fingerprint density at radius 2 is 1.66 bits per heavy atom. The maximum absolute atomic E-state index is 12.0. The zero-order chi connectivity index (χ0) is 22.8. The van der Waals surface area contributed by atoms with E-state index in [4.69, 9.17) is 27.9 Å². The molecule has 2 aromatic carbocycles. The number of hydrogen-bond donors (Lipinski definition) is 0. The number of piperazine rings is 1. The molecule has 32 heavy (non-hydrogen) atoms. The first-order valence-corrected chi connectivity index (χ1v) is 10.8. The zero-order valence-corrected chi connectivity index (χ0v) is 19.1. The monoisotopic (exact) mass is 473 g/mol. The molecule has 1 saturated heterocycles. The van der Waals surface area contributed by atoms with E-state index < -0.39 is 4.92 Å². The highest BCUT2D eigenvalue weighted by Crippen LogP contribution is 2.38. The fourth-order valence-corrected chi connectivity index (χ4v) is 4.04. The lowest BCUT2D eigenvalue weighted by Gasteiger charge is -2.36. The van der Waals surface area contributed by atoms with Gasteiger partial charge in [-0.3, -0.25) is 10.1 Å². The molecule has 0 aliphatic carbocycles. The number of aryl methyl sites for hydroxylation is 2. The van der Waals surface area contributed by atoms with Crippen LogP contribution in [0.5, 0.6) is 11.6 Å². The minimum absolute atomic E-state index is 0.0987. The van der Waals surface area contributed by atoms with Crippen LogP contribution in [0.4, 0.5) is 17.2 Å². The summed E-state index contributed by atoms with van der Waals surface area (Å²) in [5, 5.41) is 13.3. The van der Waals surface area contributed by atoms with E-state index in [1.165, 1.54) is 6.33 Å². The van der Waals surface area contributed by atoms with Gasteiger partial charge in [0.25, 0.3) is 0 Å². The molecule has 1 aliphatic heterocycles. The Balaban J connectivity index is 1.58. The van der Waals surface area contributed by atoms with Crippen molar-refractivity contribution in [3.63, 3.8) is 0 Å². The zero-order valence-electron chi connectivity index (χ0n) is 17.6. The van der Waals surface area contributed by atoms with Crippen LogP contribution < -0.4 is 14.5 Å². The summed E-state index contributed by atoms with van der Waals surface area (Å²) < 4.78 is 5.82. The van der Waals surface area contributed by atoms with Crippen LogP contribution in [0.15, 0.2) is 42.7 Å². The predicted molar refractivity (Wildman–Crippen MR) is 126 cm³/mol. The normalized spacial score (nSPS) is 13.9. The van der Waals surface area contributed by atoms with Crippen LogP contribution >= 0.6 is 23.2 Å². The lowest BCUT2D eigenvalue weighted by Crippen LogP contribution is -2.47. The first-order chi connectivity index (χ1) is 15.3. The molecule has 4 rings (SSSR count). The van der Waals surface area contributed by atoms with Gasteiger partial charge in [0.15, 0.2) is 0 Å². The molecule has 0 radical (unpaired) electrons. The van der Waals surface area contributed by atoms with Crippen LogP contribution in [0, 0.1) is 24.0 Å². The second kappa shape index (κ2) is 9.18. The Kier molecular flexibility index (Phi) is 6.34. The summed E-state index contributed by atoms with van der Waals surface area (Å²) in [6.45, 7) is 6.16. The van der Waals surface area contributed by atoms with Gasteiger partial charge in [-0.05, 0) is 55.3 Å². The molecule has 3 aromatic rings. The lowest BCUT2D eigenvalue weighted by atomic mass is 10.1. The van der Waals surface area contributed by atoms with Gasteiger partial charge in [-0.2, -0.15) is 4.98 Å². The summed E-state index contributed by atoms with van der Waals surface area (Å²) in [5.74, 6) is 0.578. The Hall–Kier alpha value is -3.10. The van der Waals surface area contributed by atoms with E-state index >= 15 is 0 Å². The number of nitrogens with zero attached hydrogens (tertiary/aromatic N) is 5. The molecule has 2 heterocycles. The molecular weight excluding hydrogens is 453 g/mol. The Labute approximate surface area is 195 Å². The van der Waals surface area contributed by atoms with E-state index in [1.807, 2.05) is 43.0 Å². The number of rotatable bonds is 5. The van der Waals surface area contributed by atoms with Crippen molar-refractivity contribution in [2.45, 2.75) is 13.8 Å². The Morgan fingerprint density at radius 3 is 2.28 bits per heavy atom. The molecule has 0 unspecified atom stereocenters. The summed E-state index contributed by atoms with van der Waals surface area (Å²) in [6, 6.07) is 11.1. The number of aromatic nitrogens is 2. The van der Waals surface area contributed by atoms with Gasteiger partial charge in [-0.25, -0.2) is 4.98 Å². The predicted octanol–water partition coefficient (Wildman–Crippen LogP) is 5.43. The van der Waals surface area contributed by atoms with Crippen molar-refractivity contribution in [1.82, 2.24) is 9.97 Å². The van der Waals surface area contributed by atoms with Gasteiger partial charge in [0.05, 0.1) is 4.92 Å². The SMILES string of the molecule is Cc1cc(Oc2ncnc(N3CCN(c4cccc(Cl)c4)CC3)c2[N+](=O)[O-])cc(C)c1Cl. The van der Waals surface area contributed by atoms with Crippen LogP contribution in [0.3, 0.4) is 0 Å². The number of benzene rings is 2. The Morgan fingerprint density at radius 1 is 1.00 bits per heavy atom. The fraction of sp³-hybridized carbons (Fsp3) is 0.273. The molecule has 0 amide bonds.